The minimum atomic E-state index is -0.0244. The summed E-state index contributed by atoms with van der Waals surface area (Å²) < 4.78 is 1.82. The number of thioether (sulfide) groups is 1. The van der Waals surface area contributed by atoms with Crippen molar-refractivity contribution in [3.8, 4) is 0 Å². The van der Waals surface area contributed by atoms with Gasteiger partial charge in [0.1, 0.15) is 0 Å². The largest absolute Gasteiger partial charge is 0.353 e. The third-order valence-corrected chi connectivity index (χ3v) is 6.23. The Hall–Kier alpha value is -1.53. The van der Waals surface area contributed by atoms with Gasteiger partial charge in [-0.25, -0.2) is 4.98 Å². The lowest BCUT2D eigenvalue weighted by molar-refractivity contribution is -0.118. The van der Waals surface area contributed by atoms with E-state index in [2.05, 4.69) is 5.32 Å². The fraction of sp³-hybridized carbons (Fsp3) is 0.526. The average molecular weight is 392 g/mol. The maximum absolute atomic E-state index is 13.2. The number of hydrogen-bond acceptors (Lipinski definition) is 4. The van der Waals surface area contributed by atoms with Crippen LogP contribution in [0.2, 0.25) is 5.02 Å². The molecular formula is C19H22ClN3O2S. The quantitative estimate of drug-likeness (QED) is 0.619. The molecule has 26 heavy (non-hydrogen) atoms. The summed E-state index contributed by atoms with van der Waals surface area (Å²) in [6.07, 6.45) is 7.58. The molecule has 1 N–H and O–H groups in total. The fourth-order valence-corrected chi connectivity index (χ4v) is 4.59. The van der Waals surface area contributed by atoms with Gasteiger partial charge in [0.15, 0.2) is 5.16 Å². The summed E-state index contributed by atoms with van der Waals surface area (Å²) >= 11 is 7.43. The number of fused-ring (bicyclic) bond motifs is 1. The zero-order valence-electron chi connectivity index (χ0n) is 14.5. The summed E-state index contributed by atoms with van der Waals surface area (Å²) in [6, 6.07) is 5.71. The van der Waals surface area contributed by atoms with E-state index in [-0.39, 0.29) is 23.3 Å². The van der Waals surface area contributed by atoms with Gasteiger partial charge in [-0.1, -0.05) is 42.6 Å². The predicted octanol–water partition coefficient (Wildman–Crippen LogP) is 3.93. The SMILES string of the molecule is O=C(CSc1nc2cc(Cl)ccc2c(=O)n1C1CCCCC1)NC1CC1. The van der Waals surface area contributed by atoms with Crippen LogP contribution in [0, 0.1) is 0 Å². The second-order valence-electron chi connectivity index (χ2n) is 7.15. The highest BCUT2D eigenvalue weighted by Crippen LogP contribution is 2.31. The monoisotopic (exact) mass is 391 g/mol. The summed E-state index contributed by atoms with van der Waals surface area (Å²) in [6.45, 7) is 0. The lowest BCUT2D eigenvalue weighted by atomic mass is 9.95. The first-order valence-corrected chi connectivity index (χ1v) is 10.6. The normalized spacial score (nSPS) is 18.2. The molecule has 138 valence electrons. The van der Waals surface area contributed by atoms with E-state index in [0.717, 1.165) is 38.5 Å². The van der Waals surface area contributed by atoms with Crippen LogP contribution in [0.5, 0.6) is 0 Å². The number of rotatable bonds is 5. The molecule has 1 aromatic heterocycles. The topological polar surface area (TPSA) is 64.0 Å². The van der Waals surface area contributed by atoms with Crippen molar-refractivity contribution in [1.82, 2.24) is 14.9 Å². The Kier molecular flexibility index (Phi) is 5.23. The van der Waals surface area contributed by atoms with E-state index in [1.165, 1.54) is 18.2 Å². The Morgan fingerprint density at radius 1 is 1.23 bits per heavy atom. The lowest BCUT2D eigenvalue weighted by Gasteiger charge is -2.26. The van der Waals surface area contributed by atoms with E-state index in [1.54, 1.807) is 18.2 Å². The molecule has 2 aromatic rings. The molecule has 0 saturated heterocycles. The Balaban J connectivity index is 1.69. The third kappa shape index (κ3) is 3.91. The fourth-order valence-electron chi connectivity index (χ4n) is 3.54. The molecule has 0 atom stereocenters. The van der Waals surface area contributed by atoms with Crippen molar-refractivity contribution in [2.24, 2.45) is 0 Å². The molecule has 0 bridgehead atoms. The van der Waals surface area contributed by atoms with Gasteiger partial charge in [-0.2, -0.15) is 0 Å². The number of amides is 1. The van der Waals surface area contributed by atoms with Gasteiger partial charge in [-0.15, -0.1) is 0 Å². The zero-order chi connectivity index (χ0) is 18.1. The molecule has 4 rings (SSSR count). The number of hydrogen-bond donors (Lipinski definition) is 1. The van der Waals surface area contributed by atoms with Gasteiger partial charge in [-0.05, 0) is 43.9 Å². The van der Waals surface area contributed by atoms with Crippen molar-refractivity contribution >= 4 is 40.2 Å². The molecule has 0 radical (unpaired) electrons. The molecule has 0 unspecified atom stereocenters. The van der Waals surface area contributed by atoms with Crippen LogP contribution in [0.15, 0.2) is 28.2 Å². The lowest BCUT2D eigenvalue weighted by Crippen LogP contribution is -2.30. The first-order chi connectivity index (χ1) is 12.6. The van der Waals surface area contributed by atoms with Gasteiger partial charge in [0.05, 0.1) is 16.7 Å². The van der Waals surface area contributed by atoms with Crippen LogP contribution in [0.1, 0.15) is 51.0 Å². The number of carbonyl (C=O) groups is 1. The number of benzene rings is 1. The molecule has 2 aliphatic carbocycles. The van der Waals surface area contributed by atoms with E-state index in [1.807, 2.05) is 4.57 Å². The van der Waals surface area contributed by atoms with Gasteiger partial charge in [-0.3, -0.25) is 14.2 Å². The van der Waals surface area contributed by atoms with Gasteiger partial charge in [0.25, 0.3) is 5.56 Å². The van der Waals surface area contributed by atoms with Gasteiger partial charge >= 0.3 is 0 Å². The smallest absolute Gasteiger partial charge is 0.262 e. The van der Waals surface area contributed by atoms with Crippen LogP contribution in [-0.2, 0) is 4.79 Å². The van der Waals surface area contributed by atoms with E-state index >= 15 is 0 Å². The van der Waals surface area contributed by atoms with Gasteiger partial charge in [0, 0.05) is 17.1 Å². The first-order valence-electron chi connectivity index (χ1n) is 9.26. The molecule has 7 heteroatoms. The van der Waals surface area contributed by atoms with Gasteiger partial charge in [0.2, 0.25) is 5.91 Å². The highest BCUT2D eigenvalue weighted by Gasteiger charge is 2.25. The second kappa shape index (κ2) is 7.61. The number of nitrogens with one attached hydrogen (secondary N) is 1. The molecule has 1 heterocycles. The highest BCUT2D eigenvalue weighted by molar-refractivity contribution is 7.99. The van der Waals surface area contributed by atoms with Crippen LogP contribution in [-0.4, -0.2) is 27.3 Å². The maximum Gasteiger partial charge on any atom is 0.262 e. The summed E-state index contributed by atoms with van der Waals surface area (Å²) in [4.78, 5) is 29.9. The van der Waals surface area contributed by atoms with E-state index in [0.29, 0.717) is 27.1 Å². The maximum atomic E-state index is 13.2. The summed E-state index contributed by atoms with van der Waals surface area (Å²) in [5.41, 5.74) is 0.573. The van der Waals surface area contributed by atoms with Crippen molar-refractivity contribution in [2.75, 3.05) is 5.75 Å². The van der Waals surface area contributed by atoms with Crippen LogP contribution in [0.25, 0.3) is 10.9 Å². The number of halogens is 1. The van der Waals surface area contributed by atoms with E-state index in [4.69, 9.17) is 16.6 Å². The van der Waals surface area contributed by atoms with Crippen molar-refractivity contribution in [3.63, 3.8) is 0 Å². The van der Waals surface area contributed by atoms with Crippen LogP contribution in [0.3, 0.4) is 0 Å². The summed E-state index contributed by atoms with van der Waals surface area (Å²) in [5, 5.41) is 4.76. The van der Waals surface area contributed by atoms with Crippen molar-refractivity contribution < 1.29 is 4.79 Å². The van der Waals surface area contributed by atoms with Gasteiger partial charge < -0.3 is 5.32 Å². The highest BCUT2D eigenvalue weighted by atomic mass is 35.5. The van der Waals surface area contributed by atoms with Crippen molar-refractivity contribution in [2.45, 2.75) is 62.2 Å². The third-order valence-electron chi connectivity index (χ3n) is 5.05. The molecular weight excluding hydrogens is 370 g/mol. The molecule has 1 aromatic carbocycles. The number of aromatic nitrogens is 2. The van der Waals surface area contributed by atoms with E-state index < -0.39 is 0 Å². The molecule has 2 aliphatic rings. The van der Waals surface area contributed by atoms with Crippen LogP contribution < -0.4 is 10.9 Å². The van der Waals surface area contributed by atoms with Crippen LogP contribution >= 0.6 is 23.4 Å². The predicted molar refractivity (Wildman–Crippen MR) is 105 cm³/mol. The minimum Gasteiger partial charge on any atom is -0.353 e. The Labute approximate surface area is 161 Å². The van der Waals surface area contributed by atoms with Crippen molar-refractivity contribution in [3.05, 3.63) is 33.6 Å². The Morgan fingerprint density at radius 3 is 2.73 bits per heavy atom. The Morgan fingerprint density at radius 2 is 2.00 bits per heavy atom. The molecule has 0 spiro atoms. The molecule has 2 saturated carbocycles. The summed E-state index contributed by atoms with van der Waals surface area (Å²) in [7, 11) is 0. The molecule has 2 fully saturated rings. The minimum absolute atomic E-state index is 0.00753. The van der Waals surface area contributed by atoms with Crippen molar-refractivity contribution in [1.29, 1.82) is 0 Å². The molecule has 0 aliphatic heterocycles. The number of nitrogens with zero attached hydrogens (tertiary/aromatic N) is 2. The van der Waals surface area contributed by atoms with Crippen LogP contribution in [0.4, 0.5) is 0 Å². The molecule has 5 nitrogen and oxygen atoms in total. The molecule has 1 amide bonds. The number of carbonyl (C=O) groups excluding carboxylic acids is 1. The zero-order valence-corrected chi connectivity index (χ0v) is 16.1. The standard InChI is InChI=1S/C19H22ClN3O2S/c20-12-6-9-15-16(10-12)22-19(26-11-17(24)21-13-7-8-13)23(18(15)25)14-4-2-1-3-5-14/h6,9-10,13-14H,1-5,7-8,11H2,(H,21,24). The Bertz CT molecular complexity index is 888. The van der Waals surface area contributed by atoms with E-state index in [9.17, 15) is 9.59 Å². The second-order valence-corrected chi connectivity index (χ2v) is 8.53. The first kappa shape index (κ1) is 17.9. The summed E-state index contributed by atoms with van der Waals surface area (Å²) in [5.74, 6) is 0.287. The average Bonchev–Trinajstić information content (AvgIpc) is 3.44.